The molecule has 30 heavy (non-hydrogen) atoms. The van der Waals surface area contributed by atoms with Gasteiger partial charge in [-0.15, -0.1) is 0 Å². The molecule has 1 aromatic carbocycles. The zero-order valence-corrected chi connectivity index (χ0v) is 19.5. The number of nitrogens with zero attached hydrogens (tertiary/aromatic N) is 1. The summed E-state index contributed by atoms with van der Waals surface area (Å²) in [5, 5.41) is 0. The normalized spacial score (nSPS) is 19.1. The molecule has 1 fully saturated rings. The molecule has 1 atom stereocenters. The predicted molar refractivity (Wildman–Crippen MR) is 118 cm³/mol. The fraction of sp³-hybridized carbons (Fsp3) is 0.680. The van der Waals surface area contributed by atoms with Crippen molar-refractivity contribution in [2.75, 3.05) is 19.7 Å². The van der Waals surface area contributed by atoms with E-state index in [0.717, 1.165) is 49.0 Å². The summed E-state index contributed by atoms with van der Waals surface area (Å²) in [6.07, 6.45) is 4.12. The average molecular weight is 416 g/mol. The molecule has 3 rings (SSSR count). The smallest absolute Gasteiger partial charge is 0.410 e. The van der Waals surface area contributed by atoms with Crippen LogP contribution in [0.4, 0.5) is 4.79 Å². The molecule has 166 valence electrons. The monoisotopic (exact) mass is 415 g/mol. The molecule has 1 spiro atoms. The first-order chi connectivity index (χ1) is 14.1. The summed E-state index contributed by atoms with van der Waals surface area (Å²) in [4.78, 5) is 27.2. The number of ether oxygens (including phenoxy) is 2. The fourth-order valence-electron chi connectivity index (χ4n) is 4.69. The van der Waals surface area contributed by atoms with Gasteiger partial charge in [0.15, 0.2) is 5.78 Å². The van der Waals surface area contributed by atoms with Crippen molar-refractivity contribution in [3.05, 3.63) is 28.8 Å². The number of fused-ring (bicyclic) bond motifs is 2. The Morgan fingerprint density at radius 2 is 1.83 bits per heavy atom. The van der Waals surface area contributed by atoms with Gasteiger partial charge in [0.2, 0.25) is 0 Å². The number of Topliss-reactive ketones (excluding diaryl/α,β-unsaturated/α-hetero) is 1. The molecule has 0 bridgehead atoms. The number of ketones is 1. The number of benzene rings is 1. The van der Waals surface area contributed by atoms with Gasteiger partial charge < -0.3 is 14.4 Å². The number of hydrogen-bond acceptors (Lipinski definition) is 4. The minimum absolute atomic E-state index is 0.00790. The van der Waals surface area contributed by atoms with Crippen molar-refractivity contribution < 1.29 is 19.1 Å². The Labute approximate surface area is 181 Å². The first-order valence-electron chi connectivity index (χ1n) is 11.4. The Bertz CT molecular complexity index is 800. The number of piperidine rings is 1. The van der Waals surface area contributed by atoms with Crippen molar-refractivity contribution in [1.29, 1.82) is 0 Å². The van der Waals surface area contributed by atoms with Crippen LogP contribution < -0.4 is 4.74 Å². The Kier molecular flexibility index (Phi) is 6.49. The van der Waals surface area contributed by atoms with Gasteiger partial charge in [-0.1, -0.05) is 32.9 Å². The second kappa shape index (κ2) is 8.60. The minimum atomic E-state index is -0.480. The molecule has 1 aromatic rings. The van der Waals surface area contributed by atoms with E-state index >= 15 is 0 Å². The quantitative estimate of drug-likeness (QED) is 0.607. The van der Waals surface area contributed by atoms with Crippen molar-refractivity contribution >= 4 is 11.9 Å². The number of rotatable bonds is 4. The van der Waals surface area contributed by atoms with E-state index in [1.165, 1.54) is 5.56 Å². The standard InChI is InChI=1S/C25H37NO4/c1-7-17(3)21(27)19-9-10-20-22(18(19)8-2)29-16-13-25(20)11-14-26(15-12-25)23(28)30-24(4,5)6/h9-10,17H,7-8,11-16H2,1-6H3. The lowest BCUT2D eigenvalue weighted by Gasteiger charge is -2.45. The predicted octanol–water partition coefficient (Wildman–Crippen LogP) is 5.53. The van der Waals surface area contributed by atoms with E-state index < -0.39 is 5.60 Å². The van der Waals surface area contributed by atoms with Crippen LogP contribution in [0.1, 0.15) is 88.7 Å². The highest BCUT2D eigenvalue weighted by atomic mass is 16.6. The van der Waals surface area contributed by atoms with E-state index in [1.807, 2.05) is 38.7 Å². The molecule has 1 amide bonds. The van der Waals surface area contributed by atoms with E-state index in [-0.39, 0.29) is 23.2 Å². The SMILES string of the molecule is CCc1c(C(=O)C(C)CC)ccc2c1OCCC21CCN(C(=O)OC(C)(C)C)CC1. The molecular formula is C25H37NO4. The minimum Gasteiger partial charge on any atom is -0.493 e. The lowest BCUT2D eigenvalue weighted by atomic mass is 9.68. The van der Waals surface area contributed by atoms with Crippen LogP contribution in [-0.4, -0.2) is 42.1 Å². The number of carbonyl (C=O) groups excluding carboxylic acids is 2. The Morgan fingerprint density at radius 3 is 2.40 bits per heavy atom. The highest BCUT2D eigenvalue weighted by molar-refractivity contribution is 5.99. The van der Waals surface area contributed by atoms with Crippen LogP contribution >= 0.6 is 0 Å². The van der Waals surface area contributed by atoms with Crippen molar-refractivity contribution in [2.45, 2.75) is 84.7 Å². The first-order valence-corrected chi connectivity index (χ1v) is 11.4. The lowest BCUT2D eigenvalue weighted by molar-refractivity contribution is 0.0139. The zero-order valence-electron chi connectivity index (χ0n) is 19.5. The third kappa shape index (κ3) is 4.35. The number of amides is 1. The highest BCUT2D eigenvalue weighted by Gasteiger charge is 2.43. The van der Waals surface area contributed by atoms with Crippen LogP contribution in [0.15, 0.2) is 12.1 Å². The fourth-order valence-corrected chi connectivity index (χ4v) is 4.69. The van der Waals surface area contributed by atoms with E-state index in [2.05, 4.69) is 19.9 Å². The van der Waals surface area contributed by atoms with E-state index in [4.69, 9.17) is 9.47 Å². The molecule has 2 aliphatic rings. The molecule has 0 saturated carbocycles. The summed E-state index contributed by atoms with van der Waals surface area (Å²) in [5.41, 5.74) is 2.61. The molecule has 0 aliphatic carbocycles. The van der Waals surface area contributed by atoms with Gasteiger partial charge in [-0.3, -0.25) is 4.79 Å². The van der Waals surface area contributed by atoms with Crippen molar-refractivity contribution in [1.82, 2.24) is 4.90 Å². The summed E-state index contributed by atoms with van der Waals surface area (Å²) < 4.78 is 11.7. The third-order valence-electron chi connectivity index (χ3n) is 6.71. The largest absolute Gasteiger partial charge is 0.493 e. The number of likely N-dealkylation sites (tertiary alicyclic amines) is 1. The van der Waals surface area contributed by atoms with Gasteiger partial charge in [-0.25, -0.2) is 4.79 Å². The number of hydrogen-bond donors (Lipinski definition) is 0. The molecule has 2 aliphatic heterocycles. The topological polar surface area (TPSA) is 55.8 Å². The van der Waals surface area contributed by atoms with Gasteiger partial charge in [0.1, 0.15) is 11.4 Å². The molecule has 1 saturated heterocycles. The van der Waals surface area contributed by atoms with Gasteiger partial charge in [-0.05, 0) is 52.9 Å². The molecule has 0 aromatic heterocycles. The summed E-state index contributed by atoms with van der Waals surface area (Å²) in [6, 6.07) is 4.13. The summed E-state index contributed by atoms with van der Waals surface area (Å²) in [6.45, 7) is 13.9. The number of carbonyl (C=O) groups is 2. The molecule has 5 heteroatoms. The second-order valence-corrected chi connectivity index (χ2v) is 9.84. The van der Waals surface area contributed by atoms with Gasteiger partial charge in [0.25, 0.3) is 0 Å². The van der Waals surface area contributed by atoms with Crippen molar-refractivity contribution in [3.8, 4) is 5.75 Å². The second-order valence-electron chi connectivity index (χ2n) is 9.84. The molecular weight excluding hydrogens is 378 g/mol. The van der Waals surface area contributed by atoms with Gasteiger partial charge in [0.05, 0.1) is 6.61 Å². The molecule has 5 nitrogen and oxygen atoms in total. The Balaban J connectivity index is 1.86. The van der Waals surface area contributed by atoms with Crippen LogP contribution in [0.25, 0.3) is 0 Å². The Morgan fingerprint density at radius 1 is 1.17 bits per heavy atom. The van der Waals surface area contributed by atoms with Crippen LogP contribution in [0.2, 0.25) is 0 Å². The van der Waals surface area contributed by atoms with Crippen LogP contribution in [0, 0.1) is 5.92 Å². The zero-order chi connectivity index (χ0) is 22.1. The maximum absolute atomic E-state index is 12.9. The van der Waals surface area contributed by atoms with E-state index in [1.54, 1.807) is 0 Å². The van der Waals surface area contributed by atoms with Crippen LogP contribution in [0.5, 0.6) is 5.75 Å². The molecule has 2 heterocycles. The highest BCUT2D eigenvalue weighted by Crippen LogP contribution is 2.48. The molecule has 0 radical (unpaired) electrons. The van der Waals surface area contributed by atoms with Crippen molar-refractivity contribution in [2.24, 2.45) is 5.92 Å². The lowest BCUT2D eigenvalue weighted by Crippen LogP contribution is -2.48. The average Bonchev–Trinajstić information content (AvgIpc) is 2.71. The van der Waals surface area contributed by atoms with Crippen molar-refractivity contribution in [3.63, 3.8) is 0 Å². The third-order valence-corrected chi connectivity index (χ3v) is 6.71. The van der Waals surface area contributed by atoms with Gasteiger partial charge in [-0.2, -0.15) is 0 Å². The van der Waals surface area contributed by atoms with Gasteiger partial charge in [0, 0.05) is 41.1 Å². The van der Waals surface area contributed by atoms with Crippen LogP contribution in [-0.2, 0) is 16.6 Å². The molecule has 1 unspecified atom stereocenters. The van der Waals surface area contributed by atoms with Gasteiger partial charge >= 0.3 is 6.09 Å². The summed E-state index contributed by atoms with van der Waals surface area (Å²) in [5.74, 6) is 1.15. The summed E-state index contributed by atoms with van der Waals surface area (Å²) in [7, 11) is 0. The summed E-state index contributed by atoms with van der Waals surface area (Å²) >= 11 is 0. The maximum Gasteiger partial charge on any atom is 0.410 e. The maximum atomic E-state index is 12.9. The van der Waals surface area contributed by atoms with E-state index in [0.29, 0.717) is 19.7 Å². The van der Waals surface area contributed by atoms with Crippen LogP contribution in [0.3, 0.4) is 0 Å². The Hall–Kier alpha value is -2.04. The first kappa shape index (κ1) is 22.6. The molecule has 0 N–H and O–H groups in total. The van der Waals surface area contributed by atoms with E-state index in [9.17, 15) is 9.59 Å².